The van der Waals surface area contributed by atoms with Crippen molar-refractivity contribution in [2.45, 2.75) is 19.3 Å². The summed E-state index contributed by atoms with van der Waals surface area (Å²) in [7, 11) is 0. The van der Waals surface area contributed by atoms with Gasteiger partial charge < -0.3 is 10.2 Å². The van der Waals surface area contributed by atoms with Gasteiger partial charge in [0.15, 0.2) is 5.82 Å². The average molecular weight is 302 g/mol. The maximum absolute atomic E-state index is 11.5. The molecule has 110 valence electrons. The van der Waals surface area contributed by atoms with Crippen LogP contribution in [0.25, 0.3) is 10.7 Å². The summed E-state index contributed by atoms with van der Waals surface area (Å²) in [5.41, 5.74) is 0. The normalized spacial score (nSPS) is 14.7. The minimum absolute atomic E-state index is 0.289. The Morgan fingerprint density at radius 3 is 3.10 bits per heavy atom. The van der Waals surface area contributed by atoms with Crippen LogP contribution in [0.3, 0.4) is 0 Å². The van der Waals surface area contributed by atoms with Crippen molar-refractivity contribution >= 4 is 23.1 Å². The highest BCUT2D eigenvalue weighted by Gasteiger charge is 2.18. The van der Waals surface area contributed by atoms with E-state index >= 15 is 0 Å². The van der Waals surface area contributed by atoms with Gasteiger partial charge in [-0.3, -0.25) is 4.79 Å². The predicted molar refractivity (Wildman–Crippen MR) is 84.3 cm³/mol. The molecule has 1 N–H and O–H groups in total. The van der Waals surface area contributed by atoms with Gasteiger partial charge in [0.25, 0.3) is 0 Å². The summed E-state index contributed by atoms with van der Waals surface area (Å²) in [6, 6.07) is 5.89. The lowest BCUT2D eigenvalue weighted by Gasteiger charge is -2.15. The summed E-state index contributed by atoms with van der Waals surface area (Å²) in [5, 5.41) is 5.32. The fraction of sp³-hybridized carbons (Fsp3) is 0.400. The lowest BCUT2D eigenvalue weighted by molar-refractivity contribution is -0.127. The molecule has 1 saturated heterocycles. The Balaban J connectivity index is 1.49. The molecule has 21 heavy (non-hydrogen) atoms. The van der Waals surface area contributed by atoms with Crippen LogP contribution in [0.2, 0.25) is 0 Å². The smallest absolute Gasteiger partial charge is 0.222 e. The molecule has 0 radical (unpaired) electrons. The maximum Gasteiger partial charge on any atom is 0.222 e. The number of likely N-dealkylation sites (tertiary alicyclic amines) is 1. The van der Waals surface area contributed by atoms with Crippen LogP contribution in [0.4, 0.5) is 5.82 Å². The molecule has 2 aromatic rings. The lowest BCUT2D eigenvalue weighted by Crippen LogP contribution is -2.27. The molecule has 0 atom stereocenters. The molecule has 0 aromatic carbocycles. The quantitative estimate of drug-likeness (QED) is 0.833. The van der Waals surface area contributed by atoms with Crippen LogP contribution in [0.1, 0.15) is 19.3 Å². The van der Waals surface area contributed by atoms with E-state index in [1.807, 2.05) is 28.5 Å². The Morgan fingerprint density at radius 2 is 2.33 bits per heavy atom. The van der Waals surface area contributed by atoms with E-state index in [0.29, 0.717) is 6.42 Å². The number of hydrogen-bond donors (Lipinski definition) is 1. The molecule has 3 heterocycles. The van der Waals surface area contributed by atoms with Crippen molar-refractivity contribution < 1.29 is 4.79 Å². The summed E-state index contributed by atoms with van der Waals surface area (Å²) < 4.78 is 0. The second-order valence-electron chi connectivity index (χ2n) is 5.01. The summed E-state index contributed by atoms with van der Waals surface area (Å²) in [6.45, 7) is 2.55. The topological polar surface area (TPSA) is 58.1 Å². The van der Waals surface area contributed by atoms with Crippen LogP contribution in [-0.4, -0.2) is 40.4 Å². The molecule has 0 saturated carbocycles. The van der Waals surface area contributed by atoms with Crippen molar-refractivity contribution in [1.29, 1.82) is 0 Å². The molecule has 0 bridgehead atoms. The highest BCUT2D eigenvalue weighted by atomic mass is 32.1. The summed E-state index contributed by atoms with van der Waals surface area (Å²) in [5.74, 6) is 1.88. The number of carbonyl (C=O) groups excluding carboxylic acids is 1. The van der Waals surface area contributed by atoms with Gasteiger partial charge in [-0.25, -0.2) is 9.97 Å². The first-order valence-corrected chi connectivity index (χ1v) is 8.09. The van der Waals surface area contributed by atoms with E-state index in [4.69, 9.17) is 0 Å². The fourth-order valence-electron chi connectivity index (χ4n) is 2.41. The molecule has 5 nitrogen and oxygen atoms in total. The Labute approximate surface area is 128 Å². The van der Waals surface area contributed by atoms with E-state index < -0.39 is 0 Å². The standard InChI is InChI=1S/C15H18N4OS/c20-14-5-1-9-19(14)10-3-7-16-13-6-8-17-15(18-13)12-4-2-11-21-12/h2,4,6,8,11H,1,3,5,7,9-10H2,(H,16,17,18). The molecule has 1 aliphatic heterocycles. The number of nitrogens with one attached hydrogen (secondary N) is 1. The van der Waals surface area contributed by atoms with E-state index in [1.54, 1.807) is 17.5 Å². The van der Waals surface area contributed by atoms with E-state index in [9.17, 15) is 4.79 Å². The first-order chi connectivity index (χ1) is 10.3. The van der Waals surface area contributed by atoms with E-state index in [-0.39, 0.29) is 5.91 Å². The van der Waals surface area contributed by atoms with Gasteiger partial charge >= 0.3 is 0 Å². The van der Waals surface area contributed by atoms with Gasteiger partial charge in [-0.15, -0.1) is 11.3 Å². The number of nitrogens with zero attached hydrogens (tertiary/aromatic N) is 3. The van der Waals surface area contributed by atoms with Gasteiger partial charge in [0.2, 0.25) is 5.91 Å². The van der Waals surface area contributed by atoms with Gasteiger partial charge in [-0.2, -0.15) is 0 Å². The van der Waals surface area contributed by atoms with E-state index in [0.717, 1.165) is 49.0 Å². The van der Waals surface area contributed by atoms with E-state index in [2.05, 4.69) is 15.3 Å². The number of aromatic nitrogens is 2. The molecule has 0 aliphatic carbocycles. The lowest BCUT2D eigenvalue weighted by atomic mass is 10.3. The van der Waals surface area contributed by atoms with Crippen molar-refractivity contribution in [1.82, 2.24) is 14.9 Å². The third-order valence-electron chi connectivity index (χ3n) is 3.48. The second-order valence-corrected chi connectivity index (χ2v) is 5.96. The number of thiophene rings is 1. The molecule has 1 aliphatic rings. The number of anilines is 1. The molecule has 6 heteroatoms. The molecular formula is C15H18N4OS. The average Bonchev–Trinajstić information content (AvgIpc) is 3.16. The van der Waals surface area contributed by atoms with Crippen LogP contribution < -0.4 is 5.32 Å². The van der Waals surface area contributed by atoms with Gasteiger partial charge in [0.05, 0.1) is 4.88 Å². The summed E-state index contributed by atoms with van der Waals surface area (Å²) >= 11 is 1.63. The molecule has 3 rings (SSSR count). The van der Waals surface area contributed by atoms with Gasteiger partial charge in [0.1, 0.15) is 5.82 Å². The summed E-state index contributed by atoms with van der Waals surface area (Å²) in [4.78, 5) is 23.3. The number of carbonyl (C=O) groups is 1. The van der Waals surface area contributed by atoms with Crippen molar-refractivity contribution in [3.8, 4) is 10.7 Å². The van der Waals surface area contributed by atoms with Crippen LogP contribution in [-0.2, 0) is 4.79 Å². The third-order valence-corrected chi connectivity index (χ3v) is 4.35. The zero-order valence-electron chi connectivity index (χ0n) is 11.8. The van der Waals surface area contributed by atoms with Crippen LogP contribution >= 0.6 is 11.3 Å². The number of hydrogen-bond acceptors (Lipinski definition) is 5. The zero-order chi connectivity index (χ0) is 14.5. The van der Waals surface area contributed by atoms with Crippen LogP contribution in [0, 0.1) is 0 Å². The highest BCUT2D eigenvalue weighted by Crippen LogP contribution is 2.21. The van der Waals surface area contributed by atoms with Crippen molar-refractivity contribution in [3.05, 3.63) is 29.8 Å². The summed E-state index contributed by atoms with van der Waals surface area (Å²) in [6.07, 6.45) is 4.42. The highest BCUT2D eigenvalue weighted by molar-refractivity contribution is 7.13. The largest absolute Gasteiger partial charge is 0.370 e. The van der Waals surface area contributed by atoms with E-state index in [1.165, 1.54) is 0 Å². The molecule has 1 amide bonds. The number of rotatable bonds is 6. The molecule has 0 spiro atoms. The van der Waals surface area contributed by atoms with Gasteiger partial charge in [-0.1, -0.05) is 6.07 Å². The Morgan fingerprint density at radius 1 is 1.38 bits per heavy atom. The minimum atomic E-state index is 0.289. The maximum atomic E-state index is 11.5. The Hall–Kier alpha value is -1.95. The first-order valence-electron chi connectivity index (χ1n) is 7.21. The predicted octanol–water partition coefficient (Wildman–Crippen LogP) is 2.63. The molecule has 0 unspecified atom stereocenters. The first kappa shape index (κ1) is 14.0. The third kappa shape index (κ3) is 3.58. The molecular weight excluding hydrogens is 284 g/mol. The van der Waals surface area contributed by atoms with Crippen molar-refractivity contribution in [2.75, 3.05) is 25.0 Å². The monoisotopic (exact) mass is 302 g/mol. The van der Waals surface area contributed by atoms with Gasteiger partial charge in [0, 0.05) is 32.3 Å². The zero-order valence-corrected chi connectivity index (χ0v) is 12.6. The number of amides is 1. The van der Waals surface area contributed by atoms with Crippen molar-refractivity contribution in [3.63, 3.8) is 0 Å². The van der Waals surface area contributed by atoms with Crippen LogP contribution in [0.15, 0.2) is 29.8 Å². The Bertz CT molecular complexity index is 599. The SMILES string of the molecule is O=C1CCCN1CCCNc1ccnc(-c2cccs2)n1. The Kier molecular flexibility index (Phi) is 4.45. The van der Waals surface area contributed by atoms with Crippen LogP contribution in [0.5, 0.6) is 0 Å². The fourth-order valence-corrected chi connectivity index (χ4v) is 3.07. The van der Waals surface area contributed by atoms with Gasteiger partial charge in [-0.05, 0) is 30.4 Å². The van der Waals surface area contributed by atoms with Crippen molar-refractivity contribution in [2.24, 2.45) is 0 Å². The molecule has 2 aromatic heterocycles. The minimum Gasteiger partial charge on any atom is -0.370 e. The second kappa shape index (κ2) is 6.67. The molecule has 1 fully saturated rings.